The molecule has 2 N–H and O–H groups in total. The molecule has 3 nitrogen and oxygen atoms in total. The van der Waals surface area contributed by atoms with Gasteiger partial charge in [0.05, 0.1) is 5.92 Å². The van der Waals surface area contributed by atoms with Crippen molar-refractivity contribution in [3.05, 3.63) is 35.4 Å². The van der Waals surface area contributed by atoms with Crippen LogP contribution in [0, 0.1) is 0 Å². The molecule has 1 atom stereocenters. The number of aryl methyl sites for hydroxylation is 1. The van der Waals surface area contributed by atoms with E-state index in [0.29, 0.717) is 6.54 Å². The van der Waals surface area contributed by atoms with Crippen LogP contribution in [0.2, 0.25) is 0 Å². The van der Waals surface area contributed by atoms with E-state index in [0.717, 1.165) is 19.3 Å². The fourth-order valence-corrected chi connectivity index (χ4v) is 2.68. The third kappa shape index (κ3) is 2.66. The summed E-state index contributed by atoms with van der Waals surface area (Å²) in [7, 11) is 1.87. The number of carbonyl (C=O) groups excluding carboxylic acids is 1. The molecule has 1 amide bonds. The molecule has 1 aliphatic carbocycles. The minimum Gasteiger partial charge on any atom is -0.339 e. The van der Waals surface area contributed by atoms with E-state index < -0.39 is 0 Å². The molecule has 0 spiro atoms. The van der Waals surface area contributed by atoms with Gasteiger partial charge in [0.1, 0.15) is 0 Å². The summed E-state index contributed by atoms with van der Waals surface area (Å²) >= 11 is 0. The third-order valence-corrected chi connectivity index (χ3v) is 4.41. The first kappa shape index (κ1) is 14.1. The quantitative estimate of drug-likeness (QED) is 0.906. The molecular weight excluding hydrogens is 236 g/mol. The lowest BCUT2D eigenvalue weighted by molar-refractivity contribution is -0.136. The van der Waals surface area contributed by atoms with Crippen molar-refractivity contribution >= 4 is 5.91 Å². The summed E-state index contributed by atoms with van der Waals surface area (Å²) in [6, 6.07) is 8.32. The largest absolute Gasteiger partial charge is 0.339 e. The van der Waals surface area contributed by atoms with Crippen molar-refractivity contribution in [2.75, 3.05) is 13.6 Å². The molecule has 0 saturated carbocycles. The van der Waals surface area contributed by atoms with Gasteiger partial charge >= 0.3 is 0 Å². The van der Waals surface area contributed by atoms with Crippen molar-refractivity contribution < 1.29 is 4.79 Å². The number of rotatable bonds is 3. The van der Waals surface area contributed by atoms with Crippen LogP contribution < -0.4 is 5.73 Å². The monoisotopic (exact) mass is 260 g/mol. The van der Waals surface area contributed by atoms with Crippen molar-refractivity contribution in [3.8, 4) is 0 Å². The number of hydrogen-bond donors (Lipinski definition) is 1. The van der Waals surface area contributed by atoms with Gasteiger partial charge in [0.25, 0.3) is 0 Å². The first-order valence-electron chi connectivity index (χ1n) is 7.03. The van der Waals surface area contributed by atoms with Crippen LogP contribution in [0.1, 0.15) is 43.7 Å². The average molecular weight is 260 g/mol. The summed E-state index contributed by atoms with van der Waals surface area (Å²) in [5.74, 6) is 0.198. The predicted octanol–water partition coefficient (Wildman–Crippen LogP) is 2.30. The molecule has 2 rings (SSSR count). The van der Waals surface area contributed by atoms with Crippen molar-refractivity contribution in [3.63, 3.8) is 0 Å². The lowest BCUT2D eigenvalue weighted by Crippen LogP contribution is -2.51. The van der Waals surface area contributed by atoms with E-state index in [2.05, 4.69) is 18.2 Å². The molecule has 19 heavy (non-hydrogen) atoms. The minimum atomic E-state index is -0.288. The molecule has 1 unspecified atom stereocenters. The Hall–Kier alpha value is -1.35. The van der Waals surface area contributed by atoms with Crippen LogP contribution in [0.15, 0.2) is 24.3 Å². The molecule has 0 heterocycles. The molecule has 0 aromatic heterocycles. The Morgan fingerprint density at radius 2 is 2.11 bits per heavy atom. The van der Waals surface area contributed by atoms with Gasteiger partial charge in [0.2, 0.25) is 5.91 Å². The van der Waals surface area contributed by atoms with Gasteiger partial charge in [-0.2, -0.15) is 0 Å². The summed E-state index contributed by atoms with van der Waals surface area (Å²) in [4.78, 5) is 14.6. The van der Waals surface area contributed by atoms with Crippen molar-refractivity contribution in [1.82, 2.24) is 4.90 Å². The maximum Gasteiger partial charge on any atom is 0.230 e. The SMILES string of the molecule is CN(C(=O)C1CCCc2ccccc21)C(C)(C)CN. The Balaban J connectivity index is 2.26. The molecule has 0 radical (unpaired) electrons. The standard InChI is InChI=1S/C16H24N2O/c1-16(2,11-17)18(3)15(19)14-10-6-8-12-7-4-5-9-13(12)14/h4-5,7,9,14H,6,8,10-11,17H2,1-3H3. The van der Waals surface area contributed by atoms with Gasteiger partial charge in [-0.1, -0.05) is 24.3 Å². The van der Waals surface area contributed by atoms with E-state index >= 15 is 0 Å². The Kier molecular flexibility index (Phi) is 3.95. The molecular formula is C16H24N2O. The second kappa shape index (κ2) is 5.33. The summed E-state index contributed by atoms with van der Waals surface area (Å²) in [6.45, 7) is 4.50. The molecule has 0 bridgehead atoms. The number of nitrogens with two attached hydrogens (primary N) is 1. The van der Waals surface area contributed by atoms with Gasteiger partial charge < -0.3 is 10.6 Å². The van der Waals surface area contributed by atoms with Crippen LogP contribution >= 0.6 is 0 Å². The Morgan fingerprint density at radius 1 is 1.42 bits per heavy atom. The molecule has 0 fully saturated rings. The van der Waals surface area contributed by atoms with Crippen molar-refractivity contribution in [1.29, 1.82) is 0 Å². The van der Waals surface area contributed by atoms with Gasteiger partial charge in [-0.15, -0.1) is 0 Å². The highest BCUT2D eigenvalue weighted by atomic mass is 16.2. The van der Waals surface area contributed by atoms with Gasteiger partial charge in [-0.3, -0.25) is 4.79 Å². The van der Waals surface area contributed by atoms with E-state index in [1.54, 1.807) is 0 Å². The fraction of sp³-hybridized carbons (Fsp3) is 0.562. The second-order valence-electron chi connectivity index (χ2n) is 6.06. The topological polar surface area (TPSA) is 46.3 Å². The van der Waals surface area contributed by atoms with E-state index in [9.17, 15) is 4.79 Å². The zero-order chi connectivity index (χ0) is 14.0. The first-order valence-corrected chi connectivity index (χ1v) is 7.03. The molecule has 104 valence electrons. The normalized spacial score (nSPS) is 18.8. The number of benzene rings is 1. The van der Waals surface area contributed by atoms with E-state index in [-0.39, 0.29) is 17.4 Å². The van der Waals surface area contributed by atoms with Crippen LogP contribution in [0.3, 0.4) is 0 Å². The van der Waals surface area contributed by atoms with Crippen LogP contribution in [0.5, 0.6) is 0 Å². The highest BCUT2D eigenvalue weighted by Gasteiger charge is 2.33. The number of fused-ring (bicyclic) bond motifs is 1. The molecule has 1 aromatic carbocycles. The predicted molar refractivity (Wildman–Crippen MR) is 78.0 cm³/mol. The molecule has 1 aliphatic rings. The van der Waals surface area contributed by atoms with Gasteiger partial charge in [-0.05, 0) is 44.2 Å². The number of amides is 1. The Bertz CT molecular complexity index is 468. The third-order valence-electron chi connectivity index (χ3n) is 4.41. The molecule has 3 heteroatoms. The van der Waals surface area contributed by atoms with Crippen LogP contribution in [0.4, 0.5) is 0 Å². The van der Waals surface area contributed by atoms with Crippen LogP contribution in [-0.2, 0) is 11.2 Å². The van der Waals surface area contributed by atoms with Gasteiger partial charge in [0.15, 0.2) is 0 Å². The summed E-state index contributed by atoms with van der Waals surface area (Å²) < 4.78 is 0. The summed E-state index contributed by atoms with van der Waals surface area (Å²) in [5, 5.41) is 0. The highest BCUT2D eigenvalue weighted by molar-refractivity contribution is 5.84. The lowest BCUT2D eigenvalue weighted by Gasteiger charge is -2.38. The smallest absolute Gasteiger partial charge is 0.230 e. The van der Waals surface area contributed by atoms with Gasteiger partial charge in [-0.25, -0.2) is 0 Å². The Labute approximate surface area is 115 Å². The molecule has 1 aromatic rings. The average Bonchev–Trinajstić information content (AvgIpc) is 2.45. The Morgan fingerprint density at radius 3 is 2.79 bits per heavy atom. The molecule has 0 saturated heterocycles. The fourth-order valence-electron chi connectivity index (χ4n) is 2.68. The number of carbonyl (C=O) groups is 1. The van der Waals surface area contributed by atoms with E-state index in [4.69, 9.17) is 5.73 Å². The minimum absolute atomic E-state index is 0.000718. The zero-order valence-electron chi connectivity index (χ0n) is 12.1. The van der Waals surface area contributed by atoms with E-state index in [1.165, 1.54) is 11.1 Å². The number of nitrogens with zero attached hydrogens (tertiary/aromatic N) is 1. The number of likely N-dealkylation sites (N-methyl/N-ethyl adjacent to an activating group) is 1. The van der Waals surface area contributed by atoms with Crippen molar-refractivity contribution in [2.45, 2.75) is 44.6 Å². The summed E-state index contributed by atoms with van der Waals surface area (Å²) in [5.41, 5.74) is 8.02. The van der Waals surface area contributed by atoms with Crippen LogP contribution in [-0.4, -0.2) is 29.9 Å². The first-order chi connectivity index (χ1) is 8.97. The summed E-state index contributed by atoms with van der Waals surface area (Å²) in [6.07, 6.45) is 3.12. The van der Waals surface area contributed by atoms with Crippen molar-refractivity contribution in [2.24, 2.45) is 5.73 Å². The van der Waals surface area contributed by atoms with Crippen LogP contribution in [0.25, 0.3) is 0 Å². The maximum atomic E-state index is 12.7. The zero-order valence-corrected chi connectivity index (χ0v) is 12.1. The number of hydrogen-bond acceptors (Lipinski definition) is 2. The lowest BCUT2D eigenvalue weighted by atomic mass is 9.81. The van der Waals surface area contributed by atoms with E-state index in [1.807, 2.05) is 31.9 Å². The maximum absolute atomic E-state index is 12.7. The second-order valence-corrected chi connectivity index (χ2v) is 6.06. The highest BCUT2D eigenvalue weighted by Crippen LogP contribution is 2.33. The van der Waals surface area contributed by atoms with Gasteiger partial charge in [0, 0.05) is 19.1 Å². The molecule has 0 aliphatic heterocycles.